The van der Waals surface area contributed by atoms with E-state index in [2.05, 4.69) is 30.5 Å². The van der Waals surface area contributed by atoms with E-state index in [9.17, 15) is 22.8 Å². The number of carbonyl (C=O) groups excluding carboxylic acids is 2. The number of ether oxygens (including phenoxy) is 1. The monoisotopic (exact) mass is 697 g/mol. The molecule has 2 aromatic carbocycles. The molecule has 49 heavy (non-hydrogen) atoms. The molecule has 1 aliphatic rings. The zero-order valence-electron chi connectivity index (χ0n) is 26.9. The fourth-order valence-corrected chi connectivity index (χ4v) is 5.19. The molecule has 0 saturated heterocycles. The van der Waals surface area contributed by atoms with E-state index in [1.165, 1.54) is 12.5 Å². The van der Waals surface area contributed by atoms with Crippen LogP contribution in [0.15, 0.2) is 67.4 Å². The third-order valence-corrected chi connectivity index (χ3v) is 8.31. The maximum absolute atomic E-state index is 14.4. The van der Waals surface area contributed by atoms with Crippen LogP contribution in [0.2, 0.25) is 5.02 Å². The molecule has 1 saturated carbocycles. The molecule has 12 nitrogen and oxygen atoms in total. The van der Waals surface area contributed by atoms with Crippen molar-refractivity contribution in [1.82, 2.24) is 40.7 Å². The number of benzene rings is 2. The average molecular weight is 698 g/mol. The van der Waals surface area contributed by atoms with Crippen molar-refractivity contribution >= 4 is 29.6 Å². The van der Waals surface area contributed by atoms with Crippen molar-refractivity contribution in [2.24, 2.45) is 5.41 Å². The second-order valence-corrected chi connectivity index (χ2v) is 13.2. The molecule has 5 rings (SSSR count). The largest absolute Gasteiger partial charge is 0.447 e. The maximum Gasteiger partial charge on any atom is 0.411 e. The minimum Gasteiger partial charge on any atom is -0.447 e. The Balaban J connectivity index is 1.52. The van der Waals surface area contributed by atoms with Crippen LogP contribution in [0.3, 0.4) is 0 Å². The number of alkyl carbamates (subject to hydrolysis) is 1. The normalized spacial score (nSPS) is 14.4. The van der Waals surface area contributed by atoms with Gasteiger partial charge in [-0.3, -0.25) is 30.2 Å². The number of nitrogens with zero attached hydrogens (tertiary/aromatic N) is 5. The van der Waals surface area contributed by atoms with Crippen molar-refractivity contribution in [3.63, 3.8) is 0 Å². The van der Waals surface area contributed by atoms with Gasteiger partial charge in [-0.05, 0) is 54.5 Å². The van der Waals surface area contributed by atoms with Gasteiger partial charge in [0.15, 0.2) is 11.8 Å². The summed E-state index contributed by atoms with van der Waals surface area (Å²) in [4.78, 5) is 40.8. The zero-order valence-corrected chi connectivity index (χ0v) is 27.7. The molecule has 1 aliphatic carbocycles. The molecule has 2 aromatic heterocycles. The molecule has 0 spiro atoms. The predicted molar refractivity (Wildman–Crippen MR) is 176 cm³/mol. The van der Waals surface area contributed by atoms with Crippen molar-refractivity contribution in [2.75, 3.05) is 13.2 Å². The summed E-state index contributed by atoms with van der Waals surface area (Å²) in [5.74, 6) is -0.648. The van der Waals surface area contributed by atoms with Crippen LogP contribution in [0.25, 0.3) is 22.6 Å². The van der Waals surface area contributed by atoms with Gasteiger partial charge in [0.1, 0.15) is 18.5 Å². The summed E-state index contributed by atoms with van der Waals surface area (Å²) in [6.07, 6.45) is 0.0706. The first kappa shape index (κ1) is 35.3. The van der Waals surface area contributed by atoms with Gasteiger partial charge in [0.05, 0.1) is 23.0 Å². The van der Waals surface area contributed by atoms with Gasteiger partial charge in [0.25, 0.3) is 5.91 Å². The highest BCUT2D eigenvalue weighted by molar-refractivity contribution is 6.33. The summed E-state index contributed by atoms with van der Waals surface area (Å²) in [7, 11) is 0. The van der Waals surface area contributed by atoms with Crippen molar-refractivity contribution in [1.29, 1.82) is 5.41 Å². The smallest absolute Gasteiger partial charge is 0.411 e. The lowest BCUT2D eigenvalue weighted by molar-refractivity contribution is -0.164. The van der Waals surface area contributed by atoms with E-state index >= 15 is 0 Å². The Kier molecular flexibility index (Phi) is 10.2. The molecular weight excluding hydrogens is 663 g/mol. The third-order valence-electron chi connectivity index (χ3n) is 7.98. The second-order valence-electron chi connectivity index (χ2n) is 12.8. The third kappa shape index (κ3) is 8.52. The quantitative estimate of drug-likeness (QED) is 0.107. The summed E-state index contributed by atoms with van der Waals surface area (Å²) in [5.41, 5.74) is -0.248. The van der Waals surface area contributed by atoms with Crippen molar-refractivity contribution < 1.29 is 27.5 Å². The van der Waals surface area contributed by atoms with E-state index in [4.69, 9.17) is 21.7 Å². The topological polar surface area (TPSA) is 162 Å². The molecule has 16 heteroatoms. The fraction of sp³-hybridized carbons (Fsp3) is 0.364. The number of H-pyrrole nitrogens is 1. The highest BCUT2D eigenvalue weighted by Gasteiger charge is 2.64. The number of nitrogens with one attached hydrogen (secondary N) is 4. The Morgan fingerprint density at radius 1 is 1.10 bits per heavy atom. The van der Waals surface area contributed by atoms with Crippen LogP contribution >= 0.6 is 11.6 Å². The minimum atomic E-state index is -4.66. The zero-order chi connectivity index (χ0) is 35.4. The number of guanidine groups is 1. The number of rotatable bonds is 10. The first-order valence-electron chi connectivity index (χ1n) is 15.4. The highest BCUT2D eigenvalue weighted by atomic mass is 35.5. The lowest BCUT2D eigenvalue weighted by Gasteiger charge is -2.33. The van der Waals surface area contributed by atoms with E-state index in [0.29, 0.717) is 41.2 Å². The van der Waals surface area contributed by atoms with Crippen LogP contribution in [0.1, 0.15) is 62.0 Å². The second kappa shape index (κ2) is 14.2. The van der Waals surface area contributed by atoms with Crippen molar-refractivity contribution in [2.45, 2.75) is 57.8 Å². The predicted octanol–water partition coefficient (Wildman–Crippen LogP) is 6.55. The SMILES string of the molecule is CC(C)(C)CCNC(=N)N(C(=O)c1ccc(-c2cnccn2)cc1)[C@H](COC(=O)NC1(C(F)(F)F)CC1)c1ccc(Cl)c(-c2ncn[nH]2)c1. The van der Waals surface area contributed by atoms with E-state index in [0.717, 1.165) is 4.90 Å². The Bertz CT molecular complexity index is 1780. The van der Waals surface area contributed by atoms with Gasteiger partial charge < -0.3 is 15.4 Å². The summed E-state index contributed by atoms with van der Waals surface area (Å²) in [6.45, 7) is 5.80. The summed E-state index contributed by atoms with van der Waals surface area (Å²) >= 11 is 6.48. The number of aromatic amines is 1. The van der Waals surface area contributed by atoms with E-state index in [-0.39, 0.29) is 34.8 Å². The van der Waals surface area contributed by atoms with Crippen molar-refractivity contribution in [3.05, 3.63) is 83.5 Å². The van der Waals surface area contributed by atoms with Gasteiger partial charge in [-0.15, -0.1) is 0 Å². The molecule has 1 fully saturated rings. The van der Waals surface area contributed by atoms with E-state index in [1.807, 2.05) is 26.1 Å². The van der Waals surface area contributed by atoms with Crippen LogP contribution in [-0.2, 0) is 4.74 Å². The summed E-state index contributed by atoms with van der Waals surface area (Å²) in [5, 5.41) is 20.9. The molecule has 1 atom stereocenters. The van der Waals surface area contributed by atoms with Crippen LogP contribution in [0, 0.1) is 10.8 Å². The fourth-order valence-electron chi connectivity index (χ4n) is 4.99. The lowest BCUT2D eigenvalue weighted by atomic mass is 9.92. The number of halogens is 4. The molecular formula is C33H35ClF3N9O3. The van der Waals surface area contributed by atoms with E-state index in [1.54, 1.807) is 54.9 Å². The lowest BCUT2D eigenvalue weighted by Crippen LogP contribution is -2.50. The van der Waals surface area contributed by atoms with Gasteiger partial charge in [0, 0.05) is 35.6 Å². The molecule has 0 radical (unpaired) electrons. The number of hydrogen-bond donors (Lipinski definition) is 4. The van der Waals surface area contributed by atoms with Gasteiger partial charge >= 0.3 is 12.3 Å². The van der Waals surface area contributed by atoms with Gasteiger partial charge in [-0.2, -0.15) is 18.3 Å². The number of aromatic nitrogens is 5. The Morgan fingerprint density at radius 2 is 1.84 bits per heavy atom. The number of alkyl halides is 3. The van der Waals surface area contributed by atoms with Gasteiger partial charge in [-0.1, -0.05) is 50.6 Å². The molecule has 4 N–H and O–H groups in total. The molecule has 2 amide bonds. The highest BCUT2D eigenvalue weighted by Crippen LogP contribution is 2.49. The van der Waals surface area contributed by atoms with Crippen LogP contribution in [0.5, 0.6) is 0 Å². The number of carbonyl (C=O) groups is 2. The van der Waals surface area contributed by atoms with Gasteiger partial charge in [-0.25, -0.2) is 9.78 Å². The Morgan fingerprint density at radius 3 is 2.43 bits per heavy atom. The summed E-state index contributed by atoms with van der Waals surface area (Å²) < 4.78 is 46.2. The Labute approximate surface area is 285 Å². The first-order valence-corrected chi connectivity index (χ1v) is 15.7. The van der Waals surface area contributed by atoms with Crippen LogP contribution < -0.4 is 10.6 Å². The maximum atomic E-state index is 14.4. The molecule has 0 aliphatic heterocycles. The average Bonchev–Trinajstić information content (AvgIpc) is 3.65. The van der Waals surface area contributed by atoms with Crippen molar-refractivity contribution in [3.8, 4) is 22.6 Å². The standard InChI is InChI=1S/C33H35ClF3N9O3/c1-31(2,3)12-13-41-29(38)46(28(47)21-6-4-20(5-7-21)25-17-39-14-15-40-25)26(18-49-30(48)44-32(10-11-32)33(35,36)37)22-8-9-24(34)23(16-22)27-42-19-43-45-27/h4-9,14-17,19,26H,10-13,18H2,1-3H3,(H2,38,41)(H,44,48)(H,42,43,45)/t26-/m1/s1. The number of hydrogen-bond acceptors (Lipinski definition) is 8. The summed E-state index contributed by atoms with van der Waals surface area (Å²) in [6, 6.07) is 10.00. The van der Waals surface area contributed by atoms with Crippen LogP contribution in [-0.4, -0.2) is 72.9 Å². The molecule has 0 bridgehead atoms. The molecule has 258 valence electrons. The van der Waals surface area contributed by atoms with E-state index < -0.39 is 36.4 Å². The molecule has 4 aromatic rings. The molecule has 0 unspecified atom stereocenters. The first-order chi connectivity index (χ1) is 23.2. The Hall–Kier alpha value is -5.05. The molecule has 2 heterocycles. The minimum absolute atomic E-state index is 0.0989. The number of amides is 2. The van der Waals surface area contributed by atoms with Gasteiger partial charge in [0.2, 0.25) is 0 Å². The van der Waals surface area contributed by atoms with Crippen LogP contribution in [0.4, 0.5) is 18.0 Å².